The number of nitrogens with zero attached hydrogens (tertiary/aromatic N) is 1. The fraction of sp³-hybridized carbons (Fsp3) is 0.444. The normalized spacial score (nSPS) is 15.8. The Balaban J connectivity index is 1.98. The minimum Gasteiger partial charge on any atom is -0.375 e. The second-order valence-electron chi connectivity index (χ2n) is 5.66. The van der Waals surface area contributed by atoms with Gasteiger partial charge in [0.2, 0.25) is 0 Å². The van der Waals surface area contributed by atoms with Crippen LogP contribution in [0.3, 0.4) is 0 Å². The first kappa shape index (κ1) is 15.6. The Bertz CT molecular complexity index is 475. The molecule has 1 unspecified atom stereocenters. The van der Waals surface area contributed by atoms with Gasteiger partial charge >= 0.3 is 0 Å². The summed E-state index contributed by atoms with van der Waals surface area (Å²) in [7, 11) is 2.03. The summed E-state index contributed by atoms with van der Waals surface area (Å²) in [5.74, 6) is 0. The lowest BCUT2D eigenvalue weighted by molar-refractivity contribution is 0.386. The molecule has 21 heavy (non-hydrogen) atoms. The van der Waals surface area contributed by atoms with Gasteiger partial charge in [0.1, 0.15) is 0 Å². The summed E-state index contributed by atoms with van der Waals surface area (Å²) in [6.07, 6.45) is 6.32. The molecule has 1 fully saturated rings. The molecule has 2 N–H and O–H groups in total. The van der Waals surface area contributed by atoms with Gasteiger partial charge in [-0.25, -0.2) is 0 Å². The predicted octanol–water partition coefficient (Wildman–Crippen LogP) is 3.37. The van der Waals surface area contributed by atoms with Crippen LogP contribution in [0.15, 0.2) is 49.3 Å². The van der Waals surface area contributed by atoms with Crippen LogP contribution in [0.25, 0.3) is 0 Å². The molecule has 0 bridgehead atoms. The summed E-state index contributed by atoms with van der Waals surface area (Å²) in [5.41, 5.74) is 3.71. The Hall–Kier alpha value is -1.74. The molecule has 1 aliphatic rings. The molecule has 3 nitrogen and oxygen atoms in total. The maximum absolute atomic E-state index is 4.28. The zero-order valence-electron chi connectivity index (χ0n) is 13.1. The van der Waals surface area contributed by atoms with Crippen LogP contribution in [0.1, 0.15) is 24.8 Å². The zero-order chi connectivity index (χ0) is 15.1. The van der Waals surface area contributed by atoms with E-state index in [1.54, 1.807) is 6.20 Å². The largest absolute Gasteiger partial charge is 0.375 e. The van der Waals surface area contributed by atoms with E-state index in [4.69, 9.17) is 0 Å². The van der Waals surface area contributed by atoms with Crippen LogP contribution in [0.2, 0.25) is 0 Å². The van der Waals surface area contributed by atoms with Gasteiger partial charge in [0.15, 0.2) is 0 Å². The number of likely N-dealkylation sites (tertiary alicyclic amines) is 1. The molecular weight excluding hydrogens is 258 g/mol. The number of likely N-dealkylation sites (N-methyl/N-ethyl adjacent to an activating group) is 1. The van der Waals surface area contributed by atoms with Gasteiger partial charge in [0.25, 0.3) is 0 Å². The smallest absolute Gasteiger partial charge is 0.0412 e. The Morgan fingerprint density at radius 2 is 2.05 bits per heavy atom. The molecule has 0 aliphatic carbocycles. The summed E-state index contributed by atoms with van der Waals surface area (Å²) in [4.78, 5) is 2.43. The molecule has 1 saturated heterocycles. The SMILES string of the molecule is C=CNc1ccccc1CC(CC(=C)N1CCCC1)NC. The van der Waals surface area contributed by atoms with Crippen molar-refractivity contribution in [1.82, 2.24) is 10.2 Å². The Morgan fingerprint density at radius 3 is 2.71 bits per heavy atom. The van der Waals surface area contributed by atoms with Gasteiger partial charge in [0, 0.05) is 36.9 Å². The third-order valence-electron chi connectivity index (χ3n) is 4.18. The summed E-state index contributed by atoms with van der Waals surface area (Å²) >= 11 is 0. The van der Waals surface area contributed by atoms with Crippen LogP contribution in [-0.4, -0.2) is 31.1 Å². The van der Waals surface area contributed by atoms with E-state index in [-0.39, 0.29) is 0 Å². The number of anilines is 1. The van der Waals surface area contributed by atoms with E-state index in [1.807, 2.05) is 13.1 Å². The Labute approximate surface area is 128 Å². The maximum atomic E-state index is 4.28. The second kappa shape index (κ2) is 7.89. The van der Waals surface area contributed by atoms with E-state index in [2.05, 4.69) is 46.9 Å². The van der Waals surface area contributed by atoms with Crippen molar-refractivity contribution in [3.05, 3.63) is 54.9 Å². The van der Waals surface area contributed by atoms with Crippen LogP contribution in [0.4, 0.5) is 5.69 Å². The highest BCUT2D eigenvalue weighted by atomic mass is 15.1. The van der Waals surface area contributed by atoms with Gasteiger partial charge in [-0.15, -0.1) is 0 Å². The van der Waals surface area contributed by atoms with Crippen molar-refractivity contribution in [3.63, 3.8) is 0 Å². The van der Waals surface area contributed by atoms with E-state index >= 15 is 0 Å². The Morgan fingerprint density at radius 1 is 1.33 bits per heavy atom. The van der Waals surface area contributed by atoms with Crippen molar-refractivity contribution >= 4 is 5.69 Å². The average molecular weight is 285 g/mol. The first-order chi connectivity index (χ1) is 10.2. The standard InChI is InChI=1S/C18H27N3/c1-4-20-18-10-6-5-9-16(18)14-17(19-3)13-15(2)21-11-7-8-12-21/h4-6,9-10,17,19-20H,1-2,7-8,11-14H2,3H3. The maximum Gasteiger partial charge on any atom is 0.0412 e. The molecule has 1 heterocycles. The second-order valence-corrected chi connectivity index (χ2v) is 5.66. The highest BCUT2D eigenvalue weighted by Crippen LogP contribution is 2.21. The number of hydrogen-bond donors (Lipinski definition) is 2. The molecule has 0 amide bonds. The van der Waals surface area contributed by atoms with Crippen molar-refractivity contribution in [1.29, 1.82) is 0 Å². The molecular formula is C18H27N3. The van der Waals surface area contributed by atoms with E-state index < -0.39 is 0 Å². The molecule has 2 rings (SSSR count). The number of benzene rings is 1. The van der Waals surface area contributed by atoms with Crippen LogP contribution < -0.4 is 10.6 Å². The molecule has 0 aromatic heterocycles. The predicted molar refractivity (Wildman–Crippen MR) is 91.4 cm³/mol. The van der Waals surface area contributed by atoms with E-state index in [0.29, 0.717) is 6.04 Å². The molecule has 0 spiro atoms. The molecule has 0 radical (unpaired) electrons. The van der Waals surface area contributed by atoms with Gasteiger partial charge in [-0.3, -0.25) is 0 Å². The number of para-hydroxylation sites is 1. The molecule has 1 aromatic carbocycles. The monoisotopic (exact) mass is 285 g/mol. The topological polar surface area (TPSA) is 27.3 Å². The van der Waals surface area contributed by atoms with Gasteiger partial charge in [0.05, 0.1) is 0 Å². The van der Waals surface area contributed by atoms with E-state index in [0.717, 1.165) is 18.5 Å². The van der Waals surface area contributed by atoms with Crippen molar-refractivity contribution in [2.24, 2.45) is 0 Å². The van der Waals surface area contributed by atoms with Crippen molar-refractivity contribution < 1.29 is 0 Å². The molecule has 0 saturated carbocycles. The van der Waals surface area contributed by atoms with Gasteiger partial charge in [-0.1, -0.05) is 31.4 Å². The number of hydrogen-bond acceptors (Lipinski definition) is 3. The molecule has 1 aromatic rings. The van der Waals surface area contributed by atoms with E-state index in [1.165, 1.54) is 37.2 Å². The molecule has 3 heteroatoms. The summed E-state index contributed by atoms with van der Waals surface area (Å²) in [5, 5.41) is 6.65. The lowest BCUT2D eigenvalue weighted by Crippen LogP contribution is -2.31. The summed E-state index contributed by atoms with van der Waals surface area (Å²) in [6, 6.07) is 8.82. The first-order valence-electron chi connectivity index (χ1n) is 7.80. The molecule has 1 aliphatic heterocycles. The minimum absolute atomic E-state index is 0.408. The summed E-state index contributed by atoms with van der Waals surface area (Å²) < 4.78 is 0. The highest BCUT2D eigenvalue weighted by Gasteiger charge is 2.17. The zero-order valence-corrected chi connectivity index (χ0v) is 13.1. The van der Waals surface area contributed by atoms with Gasteiger partial charge in [-0.05, 0) is 44.1 Å². The van der Waals surface area contributed by atoms with Crippen LogP contribution in [-0.2, 0) is 6.42 Å². The van der Waals surface area contributed by atoms with Gasteiger partial charge in [-0.2, -0.15) is 0 Å². The molecule has 1 atom stereocenters. The van der Waals surface area contributed by atoms with Crippen molar-refractivity contribution in [2.45, 2.75) is 31.7 Å². The van der Waals surface area contributed by atoms with Crippen molar-refractivity contribution in [2.75, 3.05) is 25.5 Å². The Kier molecular flexibility index (Phi) is 5.88. The number of nitrogens with one attached hydrogen (secondary N) is 2. The first-order valence-corrected chi connectivity index (χ1v) is 7.80. The fourth-order valence-corrected chi connectivity index (χ4v) is 2.94. The van der Waals surface area contributed by atoms with Crippen LogP contribution >= 0.6 is 0 Å². The van der Waals surface area contributed by atoms with Crippen molar-refractivity contribution in [3.8, 4) is 0 Å². The van der Waals surface area contributed by atoms with Crippen LogP contribution in [0, 0.1) is 0 Å². The van der Waals surface area contributed by atoms with Gasteiger partial charge < -0.3 is 15.5 Å². The molecule has 114 valence electrons. The highest BCUT2D eigenvalue weighted by molar-refractivity contribution is 5.53. The number of rotatable bonds is 8. The quantitative estimate of drug-likeness (QED) is 0.767. The van der Waals surface area contributed by atoms with E-state index in [9.17, 15) is 0 Å². The average Bonchev–Trinajstić information content (AvgIpc) is 3.03. The lowest BCUT2D eigenvalue weighted by atomic mass is 10.0. The fourth-order valence-electron chi connectivity index (χ4n) is 2.94. The third-order valence-corrected chi connectivity index (χ3v) is 4.18. The summed E-state index contributed by atoms with van der Waals surface area (Å²) in [6.45, 7) is 10.4. The third kappa shape index (κ3) is 4.36. The lowest BCUT2D eigenvalue weighted by Gasteiger charge is -2.25. The van der Waals surface area contributed by atoms with Crippen LogP contribution in [0.5, 0.6) is 0 Å². The minimum atomic E-state index is 0.408.